The van der Waals surface area contributed by atoms with Crippen LogP contribution in [0, 0.1) is 13.8 Å². The van der Waals surface area contributed by atoms with E-state index in [2.05, 4.69) is 39.8 Å². The number of likely N-dealkylation sites (N-methyl/N-ethyl adjacent to an activating group) is 1. The predicted molar refractivity (Wildman–Crippen MR) is 239 cm³/mol. The largest absolute Gasteiger partial charge is 0.756 e. The molecule has 0 fully saturated rings. The number of quaternary nitrogens is 1. The first-order valence-electron chi connectivity index (χ1n) is 22.7. The molecule has 0 N–H and O–H groups in total. The van der Waals surface area contributed by atoms with Crippen molar-refractivity contribution in [3.05, 3.63) is 71.3 Å². The van der Waals surface area contributed by atoms with E-state index >= 15 is 0 Å². The van der Waals surface area contributed by atoms with E-state index in [1.165, 1.54) is 24.0 Å². The van der Waals surface area contributed by atoms with Gasteiger partial charge in [-0.15, -0.1) is 0 Å². The molecule has 1 rings (SSSR count). The van der Waals surface area contributed by atoms with Crippen molar-refractivity contribution in [3.8, 4) is 0 Å². The van der Waals surface area contributed by atoms with E-state index in [-0.39, 0.29) is 31.8 Å². The minimum atomic E-state index is -4.67. The fourth-order valence-corrected chi connectivity index (χ4v) is 6.86. The Labute approximate surface area is 363 Å². The lowest BCUT2D eigenvalue weighted by molar-refractivity contribution is -0.870. The number of carbonyl (C=O) groups is 3. The van der Waals surface area contributed by atoms with Crippen molar-refractivity contribution in [2.24, 2.45) is 0 Å². The molecular formula is C48H80NO10P. The van der Waals surface area contributed by atoms with Gasteiger partial charge in [-0.05, 0) is 82.4 Å². The minimum Gasteiger partial charge on any atom is -0.756 e. The Morgan fingerprint density at radius 3 is 1.92 bits per heavy atom. The third kappa shape index (κ3) is 30.0. The van der Waals surface area contributed by atoms with Crippen molar-refractivity contribution in [1.29, 1.82) is 0 Å². The number of ketones is 1. The lowest BCUT2D eigenvalue weighted by Gasteiger charge is -2.28. The van der Waals surface area contributed by atoms with Gasteiger partial charge in [-0.25, -0.2) is 0 Å². The number of ether oxygens (including phenoxy) is 2. The summed E-state index contributed by atoms with van der Waals surface area (Å²) in [5, 5.41) is 0. The second-order valence-electron chi connectivity index (χ2n) is 16.7. The number of unbranched alkanes of at least 4 members (excludes halogenated alkanes) is 10. The van der Waals surface area contributed by atoms with Crippen LogP contribution in [-0.2, 0) is 50.3 Å². The van der Waals surface area contributed by atoms with E-state index in [1.54, 1.807) is 12.2 Å². The Morgan fingerprint density at radius 2 is 1.25 bits per heavy atom. The normalized spacial score (nSPS) is 13.9. The van der Waals surface area contributed by atoms with Gasteiger partial charge in [-0.3, -0.25) is 18.9 Å². The highest BCUT2D eigenvalue weighted by atomic mass is 31.2. The molecule has 1 aromatic heterocycles. The molecule has 0 saturated heterocycles. The zero-order valence-electron chi connectivity index (χ0n) is 38.4. The standard InChI is InChI=1S/C48H80NO10P/c1-8-10-25-31-43(50)32-27-21-17-15-13-12-14-16-18-23-29-35-47(51)55-39-44(40-57-60(53,54)56-38-37-49(5,6)7)58-48(52)36-30-24-20-19-22-28-34-46-42(4)41(3)45(59-46)33-26-11-9-2/h12-13,16-18,21,27,32,44H,8-11,14-15,19-20,22-26,28-31,33-40H2,1-7H3/b13-12-,18-16-,21-17-,32-27+/t44-/m1/s1. The lowest BCUT2D eigenvalue weighted by Crippen LogP contribution is -2.37. The number of furan rings is 1. The van der Waals surface area contributed by atoms with Crippen LogP contribution in [0.15, 0.2) is 53.0 Å². The molecule has 0 aliphatic rings. The second kappa shape index (κ2) is 33.5. The number of phosphoric ester groups is 1. The number of hydrogen-bond donors (Lipinski definition) is 0. The van der Waals surface area contributed by atoms with Gasteiger partial charge in [-0.2, -0.15) is 0 Å². The van der Waals surface area contributed by atoms with Crippen molar-refractivity contribution < 1.29 is 51.3 Å². The first-order valence-corrected chi connectivity index (χ1v) is 24.1. The summed E-state index contributed by atoms with van der Waals surface area (Å²) in [6.07, 6.45) is 32.5. The summed E-state index contributed by atoms with van der Waals surface area (Å²) in [6.45, 7) is 8.20. The minimum absolute atomic E-state index is 0.0603. The average Bonchev–Trinajstić information content (AvgIpc) is 3.46. The lowest BCUT2D eigenvalue weighted by atomic mass is 10.0. The number of aryl methyl sites for hydroxylation is 2. The van der Waals surface area contributed by atoms with E-state index in [9.17, 15) is 23.8 Å². The summed E-state index contributed by atoms with van der Waals surface area (Å²) < 4.78 is 40.1. The van der Waals surface area contributed by atoms with Gasteiger partial charge in [0.1, 0.15) is 31.3 Å². The molecule has 342 valence electrons. The molecule has 0 aromatic carbocycles. The fourth-order valence-electron chi connectivity index (χ4n) is 6.13. The maximum Gasteiger partial charge on any atom is 0.306 e. The molecule has 60 heavy (non-hydrogen) atoms. The highest BCUT2D eigenvalue weighted by Crippen LogP contribution is 2.38. The number of nitrogens with zero attached hydrogens (tertiary/aromatic N) is 1. The van der Waals surface area contributed by atoms with Gasteiger partial charge < -0.3 is 32.3 Å². The molecule has 1 heterocycles. The molecule has 0 spiro atoms. The molecule has 0 aliphatic heterocycles. The molecule has 1 unspecified atom stereocenters. The Bertz CT molecular complexity index is 1500. The van der Waals surface area contributed by atoms with E-state index < -0.39 is 32.5 Å². The molecule has 11 nitrogen and oxygen atoms in total. The third-order valence-corrected chi connectivity index (χ3v) is 11.0. The third-order valence-electron chi connectivity index (χ3n) is 10.0. The second-order valence-corrected chi connectivity index (χ2v) is 18.1. The predicted octanol–water partition coefficient (Wildman–Crippen LogP) is 10.9. The molecule has 12 heteroatoms. The van der Waals surface area contributed by atoms with Gasteiger partial charge in [0.2, 0.25) is 0 Å². The van der Waals surface area contributed by atoms with Crippen LogP contribution in [0.4, 0.5) is 0 Å². The van der Waals surface area contributed by atoms with Crippen molar-refractivity contribution in [2.75, 3.05) is 47.5 Å². The van der Waals surface area contributed by atoms with Crippen LogP contribution in [0.1, 0.15) is 158 Å². The molecule has 0 saturated carbocycles. The fraction of sp³-hybridized carbons (Fsp3) is 0.688. The smallest absolute Gasteiger partial charge is 0.306 e. The van der Waals surface area contributed by atoms with Crippen molar-refractivity contribution in [3.63, 3.8) is 0 Å². The number of esters is 2. The van der Waals surface area contributed by atoms with Crippen molar-refractivity contribution in [2.45, 2.75) is 169 Å². The van der Waals surface area contributed by atoms with Crippen LogP contribution in [0.3, 0.4) is 0 Å². The van der Waals surface area contributed by atoms with Crippen molar-refractivity contribution >= 4 is 25.5 Å². The topological polar surface area (TPSA) is 141 Å². The van der Waals surface area contributed by atoms with E-state index in [0.717, 1.165) is 95.0 Å². The van der Waals surface area contributed by atoms with Crippen LogP contribution in [-0.4, -0.2) is 75.8 Å². The highest BCUT2D eigenvalue weighted by Gasteiger charge is 2.22. The molecular weight excluding hydrogens is 781 g/mol. The molecule has 0 bridgehead atoms. The van der Waals surface area contributed by atoms with Crippen LogP contribution in [0.25, 0.3) is 0 Å². The van der Waals surface area contributed by atoms with E-state index in [4.69, 9.17) is 22.9 Å². The molecule has 1 aromatic rings. The monoisotopic (exact) mass is 862 g/mol. The number of hydrogen-bond acceptors (Lipinski definition) is 10. The Kier molecular flexibility index (Phi) is 30.7. The summed E-state index contributed by atoms with van der Waals surface area (Å²) >= 11 is 0. The molecule has 0 radical (unpaired) electrons. The number of allylic oxidation sites excluding steroid dienone is 8. The van der Waals surface area contributed by atoms with Crippen LogP contribution in [0.2, 0.25) is 0 Å². The molecule has 0 amide bonds. The van der Waals surface area contributed by atoms with Gasteiger partial charge in [0.05, 0.1) is 27.7 Å². The zero-order valence-corrected chi connectivity index (χ0v) is 39.2. The number of carbonyl (C=O) groups excluding carboxylic acids is 3. The summed E-state index contributed by atoms with van der Waals surface area (Å²) in [6, 6.07) is 0. The average molecular weight is 862 g/mol. The van der Waals surface area contributed by atoms with E-state index in [0.29, 0.717) is 36.7 Å². The van der Waals surface area contributed by atoms with Gasteiger partial charge in [0.15, 0.2) is 11.9 Å². The highest BCUT2D eigenvalue weighted by molar-refractivity contribution is 7.45. The number of phosphoric acid groups is 1. The first kappa shape index (κ1) is 54.9. The number of rotatable bonds is 37. The maximum atomic E-state index is 12.8. The molecule has 2 atom stereocenters. The maximum absolute atomic E-state index is 12.8. The van der Waals surface area contributed by atoms with E-state index in [1.807, 2.05) is 45.4 Å². The molecule has 0 aliphatic carbocycles. The Hall–Kier alpha value is -3.08. The first-order chi connectivity index (χ1) is 28.7. The SMILES string of the molecule is CCCCCC(=O)/C=C/C=C\C/C=C\C/C=C\CCCC(=O)OC[C@H](COP(=O)([O-])OCC[N+](C)(C)C)OC(=O)CCCCCCCCc1oc(CCCCC)c(C)c1C. The van der Waals surface area contributed by atoms with Gasteiger partial charge in [0.25, 0.3) is 7.82 Å². The van der Waals surface area contributed by atoms with Gasteiger partial charge in [0, 0.05) is 32.1 Å². The van der Waals surface area contributed by atoms with Crippen molar-refractivity contribution in [1.82, 2.24) is 0 Å². The Balaban J connectivity index is 2.44. The van der Waals surface area contributed by atoms with Crippen LogP contribution < -0.4 is 4.89 Å². The summed E-state index contributed by atoms with van der Waals surface area (Å²) in [4.78, 5) is 49.4. The summed E-state index contributed by atoms with van der Waals surface area (Å²) in [5.74, 6) is 1.45. The van der Waals surface area contributed by atoms with Gasteiger partial charge >= 0.3 is 11.9 Å². The van der Waals surface area contributed by atoms with Crippen LogP contribution in [0.5, 0.6) is 0 Å². The Morgan fingerprint density at radius 1 is 0.683 bits per heavy atom. The van der Waals surface area contributed by atoms with Gasteiger partial charge in [-0.1, -0.05) is 108 Å². The zero-order chi connectivity index (χ0) is 44.5. The summed E-state index contributed by atoms with van der Waals surface area (Å²) in [5.41, 5.74) is 2.58. The van der Waals surface area contributed by atoms with Crippen LogP contribution >= 0.6 is 7.82 Å². The summed E-state index contributed by atoms with van der Waals surface area (Å²) in [7, 11) is 1.07. The quantitative estimate of drug-likeness (QED) is 0.0121.